The highest BCUT2D eigenvalue weighted by Crippen LogP contribution is 2.51. The molecule has 10 nitrogen and oxygen atoms in total. The van der Waals surface area contributed by atoms with Crippen LogP contribution < -0.4 is 19.7 Å². The minimum atomic E-state index is -1.31. The van der Waals surface area contributed by atoms with E-state index in [0.717, 1.165) is 30.0 Å². The van der Waals surface area contributed by atoms with E-state index in [9.17, 15) is 19.2 Å². The molecular formula is C34H39N3O7S. The number of nitrogens with zero attached hydrogens (tertiary/aromatic N) is 2. The Bertz CT molecular complexity index is 1570. The second-order valence-electron chi connectivity index (χ2n) is 11.4. The molecule has 0 saturated heterocycles. The fraction of sp³-hybridized carbons (Fsp3) is 0.412. The summed E-state index contributed by atoms with van der Waals surface area (Å²) in [7, 11) is 5.28. The number of anilines is 1. The number of thioether (sulfide) groups is 1. The molecule has 1 aliphatic heterocycles. The first-order valence-electron chi connectivity index (χ1n) is 15.1. The zero-order valence-corrected chi connectivity index (χ0v) is 27.0. The fourth-order valence-electron chi connectivity index (χ4n) is 5.55. The van der Waals surface area contributed by atoms with Gasteiger partial charge in [-0.05, 0) is 76.5 Å². The lowest BCUT2D eigenvalue weighted by molar-refractivity contribution is -0.122. The number of likely N-dealkylation sites (N-methyl/N-ethyl adjacent to an activating group) is 2. The summed E-state index contributed by atoms with van der Waals surface area (Å²) in [5.74, 6) is 0.681. The number of Topliss-reactive ketones (excluding diaryl/α,β-unsaturated/α-hetero) is 2. The van der Waals surface area contributed by atoms with Crippen molar-refractivity contribution in [1.82, 2.24) is 10.2 Å². The molecule has 0 saturated carbocycles. The first kappa shape index (κ1) is 32.5. The number of amides is 1. The second-order valence-corrected chi connectivity index (χ2v) is 12.7. The Hall–Kier alpha value is -3.93. The molecule has 1 heterocycles. The van der Waals surface area contributed by atoms with Crippen LogP contribution in [0.1, 0.15) is 38.2 Å². The van der Waals surface area contributed by atoms with Gasteiger partial charge < -0.3 is 24.0 Å². The van der Waals surface area contributed by atoms with Crippen molar-refractivity contribution in [3.8, 4) is 11.5 Å². The molecule has 238 valence electrons. The standard InChI is InChI=1S/C34H39N3O7S/c1-22(38)21-35-34(33(41)37(3)27-9-5-6-10-31(27)45-34)26-19-23(42-4)11-14-29(26)43-17-8-7-15-36(2)16-18-44-30-20-28(39)24-12-13-25(24)32(30)40/h5-6,9-11,14,19-20,35H,7-8,12-13,15-18,21H2,1-4H3. The van der Waals surface area contributed by atoms with Crippen molar-refractivity contribution in [2.75, 3.05) is 59.0 Å². The van der Waals surface area contributed by atoms with Gasteiger partial charge in [0, 0.05) is 41.3 Å². The van der Waals surface area contributed by atoms with Gasteiger partial charge in [0.15, 0.2) is 16.4 Å². The quantitative estimate of drug-likeness (QED) is 0.228. The predicted molar refractivity (Wildman–Crippen MR) is 172 cm³/mol. The third-order valence-corrected chi connectivity index (χ3v) is 9.63. The minimum Gasteiger partial charge on any atom is -0.497 e. The molecule has 2 aromatic carbocycles. The van der Waals surface area contributed by atoms with Crippen LogP contribution in [0.5, 0.6) is 11.5 Å². The third kappa shape index (κ3) is 6.85. The number of hydrogen-bond donors (Lipinski definition) is 1. The average molecular weight is 634 g/mol. The molecule has 0 fully saturated rings. The zero-order chi connectivity index (χ0) is 32.1. The molecular weight excluding hydrogens is 594 g/mol. The van der Waals surface area contributed by atoms with E-state index in [0.29, 0.717) is 60.8 Å². The van der Waals surface area contributed by atoms with E-state index >= 15 is 0 Å². The van der Waals surface area contributed by atoms with E-state index in [1.165, 1.54) is 24.8 Å². The molecule has 0 aromatic heterocycles. The molecule has 0 radical (unpaired) electrons. The van der Waals surface area contributed by atoms with E-state index in [1.54, 1.807) is 37.3 Å². The largest absolute Gasteiger partial charge is 0.497 e. The van der Waals surface area contributed by atoms with Crippen molar-refractivity contribution in [3.05, 3.63) is 71.0 Å². The highest BCUT2D eigenvalue weighted by Gasteiger charge is 2.49. The van der Waals surface area contributed by atoms with Gasteiger partial charge in [-0.25, -0.2) is 0 Å². The highest BCUT2D eigenvalue weighted by molar-refractivity contribution is 8.01. The number of allylic oxidation sites excluding steroid dienone is 3. The average Bonchev–Trinajstić information content (AvgIpc) is 3.00. The zero-order valence-electron chi connectivity index (χ0n) is 26.1. The number of fused-ring (bicyclic) bond motifs is 1. The summed E-state index contributed by atoms with van der Waals surface area (Å²) in [6.07, 6.45) is 4.24. The van der Waals surface area contributed by atoms with Crippen LogP contribution in [0.2, 0.25) is 0 Å². The fourth-order valence-corrected chi connectivity index (χ4v) is 6.98. The van der Waals surface area contributed by atoms with E-state index in [2.05, 4.69) is 10.2 Å². The van der Waals surface area contributed by atoms with Crippen molar-refractivity contribution in [2.24, 2.45) is 0 Å². The van der Waals surface area contributed by atoms with Gasteiger partial charge in [0.1, 0.15) is 23.9 Å². The molecule has 1 amide bonds. The number of para-hydroxylation sites is 1. The SMILES string of the molecule is COc1ccc(OCCCCN(C)CCOC2=CC(=O)C3=C(CC3)C2=O)c(C2(NCC(C)=O)Sc3ccccc3N(C)C2=O)c1. The molecule has 0 spiro atoms. The smallest absolute Gasteiger partial charge is 0.262 e. The molecule has 2 aromatic rings. The number of carbonyl (C=O) groups excluding carboxylic acids is 4. The van der Waals surface area contributed by atoms with E-state index < -0.39 is 4.87 Å². The Kier molecular flexibility index (Phi) is 10.1. The van der Waals surface area contributed by atoms with Gasteiger partial charge in [0.2, 0.25) is 5.78 Å². The van der Waals surface area contributed by atoms with Crippen molar-refractivity contribution >= 4 is 40.7 Å². The Balaban J connectivity index is 1.20. The van der Waals surface area contributed by atoms with Crippen LogP contribution in [-0.4, -0.2) is 82.2 Å². The number of ether oxygens (including phenoxy) is 3. The van der Waals surface area contributed by atoms with Gasteiger partial charge in [0.25, 0.3) is 5.91 Å². The lowest BCUT2D eigenvalue weighted by Crippen LogP contribution is -2.55. The molecule has 1 N–H and O–H groups in total. The highest BCUT2D eigenvalue weighted by atomic mass is 32.2. The first-order valence-corrected chi connectivity index (χ1v) is 15.9. The number of ketones is 3. The van der Waals surface area contributed by atoms with E-state index in [1.807, 2.05) is 31.3 Å². The molecule has 11 heteroatoms. The third-order valence-electron chi connectivity index (χ3n) is 8.22. The van der Waals surface area contributed by atoms with Crippen molar-refractivity contribution in [2.45, 2.75) is 42.4 Å². The Morgan fingerprint density at radius 3 is 2.53 bits per heavy atom. The first-order chi connectivity index (χ1) is 21.6. The topological polar surface area (TPSA) is 114 Å². The van der Waals surface area contributed by atoms with Crippen LogP contribution in [0.3, 0.4) is 0 Å². The van der Waals surface area contributed by atoms with Gasteiger partial charge in [-0.2, -0.15) is 0 Å². The van der Waals surface area contributed by atoms with Crippen molar-refractivity contribution in [3.63, 3.8) is 0 Å². The molecule has 0 bridgehead atoms. The number of nitrogens with one attached hydrogen (secondary N) is 1. The number of carbonyl (C=O) groups is 4. The van der Waals surface area contributed by atoms with Gasteiger partial charge in [-0.3, -0.25) is 24.5 Å². The van der Waals surface area contributed by atoms with Gasteiger partial charge in [-0.15, -0.1) is 0 Å². The summed E-state index contributed by atoms with van der Waals surface area (Å²) in [6, 6.07) is 13.1. The summed E-state index contributed by atoms with van der Waals surface area (Å²) in [4.78, 5) is 54.0. The summed E-state index contributed by atoms with van der Waals surface area (Å²) >= 11 is 1.36. The summed E-state index contributed by atoms with van der Waals surface area (Å²) < 4.78 is 17.5. The number of hydrogen-bond acceptors (Lipinski definition) is 10. The maximum Gasteiger partial charge on any atom is 0.262 e. The molecule has 2 aliphatic carbocycles. The Morgan fingerprint density at radius 1 is 1.02 bits per heavy atom. The number of unbranched alkanes of at least 4 members (excludes halogenated alkanes) is 1. The summed E-state index contributed by atoms with van der Waals surface area (Å²) in [6.45, 7) is 3.60. The molecule has 1 atom stereocenters. The lowest BCUT2D eigenvalue weighted by atomic mass is 9.79. The predicted octanol–water partition coefficient (Wildman–Crippen LogP) is 4.03. The second kappa shape index (κ2) is 14.0. The van der Waals surface area contributed by atoms with E-state index in [-0.39, 0.29) is 35.6 Å². The summed E-state index contributed by atoms with van der Waals surface area (Å²) in [5.41, 5.74) is 2.63. The number of rotatable bonds is 15. The molecule has 5 rings (SSSR count). The molecule has 1 unspecified atom stereocenters. The van der Waals surface area contributed by atoms with Crippen LogP contribution in [0.4, 0.5) is 5.69 Å². The van der Waals surface area contributed by atoms with Crippen LogP contribution in [0, 0.1) is 0 Å². The van der Waals surface area contributed by atoms with Crippen LogP contribution in [0.15, 0.2) is 70.3 Å². The number of methoxy groups -OCH3 is 1. The van der Waals surface area contributed by atoms with Gasteiger partial charge in [-0.1, -0.05) is 23.9 Å². The lowest BCUT2D eigenvalue weighted by Gasteiger charge is -2.41. The van der Waals surface area contributed by atoms with E-state index in [4.69, 9.17) is 14.2 Å². The van der Waals surface area contributed by atoms with Gasteiger partial charge >= 0.3 is 0 Å². The number of benzene rings is 2. The maximum atomic E-state index is 14.1. The van der Waals surface area contributed by atoms with Gasteiger partial charge in [0.05, 0.1) is 25.9 Å². The normalized spacial score (nSPS) is 19.2. The van der Waals surface area contributed by atoms with Crippen molar-refractivity contribution < 1.29 is 33.4 Å². The molecule has 3 aliphatic rings. The Labute approximate surface area is 267 Å². The molecule has 45 heavy (non-hydrogen) atoms. The summed E-state index contributed by atoms with van der Waals surface area (Å²) in [5, 5.41) is 3.26. The minimum absolute atomic E-state index is 0.00208. The maximum absolute atomic E-state index is 14.1. The van der Waals surface area contributed by atoms with Crippen LogP contribution >= 0.6 is 11.8 Å². The monoisotopic (exact) mass is 633 g/mol. The van der Waals surface area contributed by atoms with Crippen LogP contribution in [-0.2, 0) is 28.8 Å². The van der Waals surface area contributed by atoms with Crippen molar-refractivity contribution in [1.29, 1.82) is 0 Å². The van der Waals surface area contributed by atoms with Crippen LogP contribution in [0.25, 0.3) is 0 Å². The Morgan fingerprint density at radius 2 is 1.80 bits per heavy atom.